The van der Waals surface area contributed by atoms with Crippen LogP contribution in [0.5, 0.6) is 0 Å². The van der Waals surface area contributed by atoms with Gasteiger partial charge in [-0.1, -0.05) is 241 Å². The lowest BCUT2D eigenvalue weighted by atomic mass is 9.98. The summed E-state index contributed by atoms with van der Waals surface area (Å²) in [6, 6.07) is 0. The number of nitrogens with one attached hydrogen (secondary N) is 1. The van der Waals surface area contributed by atoms with E-state index < -0.39 is 0 Å². The van der Waals surface area contributed by atoms with Crippen molar-refractivity contribution in [1.82, 2.24) is 10.2 Å². The first kappa shape index (κ1) is 63.3. The fourth-order valence-corrected chi connectivity index (χ4v) is 9.20. The molecule has 6 heteroatoms. The molecule has 0 aromatic heterocycles. The van der Waals surface area contributed by atoms with E-state index >= 15 is 0 Å². The Bertz CT molecular complexity index is 892. The normalized spacial score (nSPS) is 14.8. The van der Waals surface area contributed by atoms with Crippen LogP contribution in [0.2, 0.25) is 0 Å². The SMILES string of the molecule is CC(C)CCO.CCCCCCCCCCCCCCCCCCC1(CCCCCCCCCCCCCCCCCC)OCC(CCN(C)CCCCCC(=O)NCCC(C)C)O1. The number of amides is 1. The van der Waals surface area contributed by atoms with Gasteiger partial charge in [0, 0.05) is 39.0 Å². The van der Waals surface area contributed by atoms with Gasteiger partial charge in [0.1, 0.15) is 0 Å². The van der Waals surface area contributed by atoms with Crippen molar-refractivity contribution in [3.05, 3.63) is 0 Å². The Hall–Kier alpha value is -0.690. The summed E-state index contributed by atoms with van der Waals surface area (Å²) < 4.78 is 13.5. The number of carbonyl (C=O) groups excluding carboxylic acids is 1. The van der Waals surface area contributed by atoms with E-state index in [2.05, 4.69) is 58.8 Å². The highest BCUT2D eigenvalue weighted by molar-refractivity contribution is 5.75. The molecule has 0 radical (unpaired) electrons. The zero-order valence-corrected chi connectivity index (χ0v) is 44.9. The first-order valence-electron chi connectivity index (χ1n) is 29.1. The number of carbonyl (C=O) groups is 1. The van der Waals surface area contributed by atoms with Crippen LogP contribution >= 0.6 is 0 Å². The molecule has 0 spiro atoms. The van der Waals surface area contributed by atoms with Crippen molar-refractivity contribution in [2.24, 2.45) is 11.8 Å². The molecular formula is C58H118N2O4. The van der Waals surface area contributed by atoms with Gasteiger partial charge in [-0.25, -0.2) is 0 Å². The molecule has 64 heavy (non-hydrogen) atoms. The maximum absolute atomic E-state index is 12.1. The summed E-state index contributed by atoms with van der Waals surface area (Å²) in [7, 11) is 2.24. The van der Waals surface area contributed by atoms with Crippen molar-refractivity contribution >= 4 is 5.91 Å². The molecule has 1 amide bonds. The Morgan fingerprint density at radius 2 is 0.922 bits per heavy atom. The largest absolute Gasteiger partial charge is 0.396 e. The van der Waals surface area contributed by atoms with E-state index in [4.69, 9.17) is 14.6 Å². The summed E-state index contributed by atoms with van der Waals surface area (Å²) >= 11 is 0. The van der Waals surface area contributed by atoms with Crippen molar-refractivity contribution in [1.29, 1.82) is 0 Å². The molecule has 1 saturated heterocycles. The van der Waals surface area contributed by atoms with Crippen molar-refractivity contribution in [3.63, 3.8) is 0 Å². The second-order valence-electron chi connectivity index (χ2n) is 21.4. The summed E-state index contributed by atoms with van der Waals surface area (Å²) in [6.07, 6.45) is 54.4. The summed E-state index contributed by atoms with van der Waals surface area (Å²) in [4.78, 5) is 14.5. The van der Waals surface area contributed by atoms with Crippen LogP contribution in [-0.4, -0.2) is 67.7 Å². The lowest BCUT2D eigenvalue weighted by Gasteiger charge is -2.29. The summed E-state index contributed by atoms with van der Waals surface area (Å²) in [5.41, 5.74) is 0. The maximum Gasteiger partial charge on any atom is 0.219 e. The first-order chi connectivity index (χ1) is 31.2. The number of ether oxygens (including phenoxy) is 2. The first-order valence-corrected chi connectivity index (χ1v) is 29.1. The molecule has 1 aliphatic rings. The highest BCUT2D eigenvalue weighted by atomic mass is 16.7. The molecule has 6 nitrogen and oxygen atoms in total. The Labute approximate surface area is 402 Å². The molecule has 1 fully saturated rings. The van der Waals surface area contributed by atoms with Gasteiger partial charge in [-0.05, 0) is 70.4 Å². The molecule has 0 aliphatic carbocycles. The van der Waals surface area contributed by atoms with E-state index in [9.17, 15) is 4.79 Å². The van der Waals surface area contributed by atoms with Crippen LogP contribution in [0, 0.1) is 11.8 Å². The van der Waals surface area contributed by atoms with Gasteiger partial charge >= 0.3 is 0 Å². The molecule has 1 heterocycles. The molecule has 1 aliphatic heterocycles. The molecule has 0 aromatic carbocycles. The van der Waals surface area contributed by atoms with Crippen molar-refractivity contribution in [2.45, 2.75) is 317 Å². The number of aliphatic hydroxyl groups is 1. The van der Waals surface area contributed by atoms with E-state index in [0.717, 1.165) is 77.6 Å². The second-order valence-corrected chi connectivity index (χ2v) is 21.4. The zero-order valence-electron chi connectivity index (χ0n) is 44.9. The zero-order chi connectivity index (χ0) is 47.0. The van der Waals surface area contributed by atoms with Gasteiger partial charge in [0.15, 0.2) is 5.79 Å². The van der Waals surface area contributed by atoms with E-state index in [1.54, 1.807) is 0 Å². The number of nitrogens with zero attached hydrogens (tertiary/aromatic N) is 1. The molecule has 1 rings (SSSR count). The van der Waals surface area contributed by atoms with Crippen molar-refractivity contribution < 1.29 is 19.4 Å². The molecule has 384 valence electrons. The van der Waals surface area contributed by atoms with Gasteiger partial charge in [0.2, 0.25) is 5.91 Å². The minimum absolute atomic E-state index is 0.218. The van der Waals surface area contributed by atoms with Crippen molar-refractivity contribution in [3.8, 4) is 0 Å². The average molecular weight is 908 g/mol. The molecule has 0 bridgehead atoms. The van der Waals surface area contributed by atoms with Crippen molar-refractivity contribution in [2.75, 3.05) is 39.9 Å². The monoisotopic (exact) mass is 907 g/mol. The smallest absolute Gasteiger partial charge is 0.219 e. The summed E-state index contributed by atoms with van der Waals surface area (Å²) in [5.74, 6) is 1.16. The third kappa shape index (κ3) is 45.1. The van der Waals surface area contributed by atoms with Crippen LogP contribution in [0.25, 0.3) is 0 Å². The van der Waals surface area contributed by atoms with Crippen LogP contribution in [0.15, 0.2) is 0 Å². The average Bonchev–Trinajstić information content (AvgIpc) is 3.68. The highest BCUT2D eigenvalue weighted by Crippen LogP contribution is 2.36. The summed E-state index contributed by atoms with van der Waals surface area (Å²) in [5, 5.41) is 11.3. The Kier molecular flexibility index (Phi) is 48.2. The molecular weight excluding hydrogens is 789 g/mol. The molecule has 0 saturated carbocycles. The lowest BCUT2D eigenvalue weighted by molar-refractivity contribution is -0.180. The van der Waals surface area contributed by atoms with Gasteiger partial charge < -0.3 is 24.8 Å². The van der Waals surface area contributed by atoms with Gasteiger partial charge in [0.25, 0.3) is 0 Å². The maximum atomic E-state index is 12.1. The Balaban J connectivity index is 0.00000614. The number of unbranched alkanes of at least 4 members (excludes halogenated alkanes) is 32. The number of hydrogen-bond donors (Lipinski definition) is 2. The number of rotatable bonds is 48. The molecule has 2 N–H and O–H groups in total. The standard InChI is InChI=1S/C53H106N2O3.C5H12O/c1-6-8-10-12-14-16-18-20-22-24-26-28-30-32-34-38-44-53(45-39-35-33-31-29-27-25-23-21-19-17-15-13-11-9-7-2)57-49-51(58-53)43-48-55(5)47-40-36-37-41-52(56)54-46-42-50(3)4;1-5(2)3-4-6/h50-51H,6-49H2,1-5H3,(H,54,56);5-6H,3-4H2,1-2H3. The predicted octanol–water partition coefficient (Wildman–Crippen LogP) is 17.5. The Morgan fingerprint density at radius 1 is 0.547 bits per heavy atom. The third-order valence-corrected chi connectivity index (χ3v) is 13.8. The minimum Gasteiger partial charge on any atom is -0.396 e. The fourth-order valence-electron chi connectivity index (χ4n) is 9.20. The highest BCUT2D eigenvalue weighted by Gasteiger charge is 2.40. The Morgan fingerprint density at radius 3 is 1.28 bits per heavy atom. The van der Waals surface area contributed by atoms with Crippen LogP contribution in [-0.2, 0) is 14.3 Å². The van der Waals surface area contributed by atoms with Gasteiger partial charge in [-0.15, -0.1) is 0 Å². The van der Waals surface area contributed by atoms with Gasteiger partial charge in [-0.2, -0.15) is 0 Å². The van der Waals surface area contributed by atoms with Gasteiger partial charge in [-0.3, -0.25) is 4.79 Å². The van der Waals surface area contributed by atoms with E-state index in [1.807, 2.05) is 0 Å². The van der Waals surface area contributed by atoms with Gasteiger partial charge in [0.05, 0.1) is 12.7 Å². The fraction of sp³-hybridized carbons (Fsp3) is 0.983. The molecule has 0 aromatic rings. The summed E-state index contributed by atoms with van der Waals surface area (Å²) in [6.45, 7) is 17.3. The number of aliphatic hydroxyl groups excluding tert-OH is 1. The molecule has 1 atom stereocenters. The lowest BCUT2D eigenvalue weighted by Crippen LogP contribution is -2.32. The van der Waals surface area contributed by atoms with E-state index in [1.165, 1.54) is 205 Å². The van der Waals surface area contributed by atoms with Crippen LogP contribution in [0.4, 0.5) is 0 Å². The van der Waals surface area contributed by atoms with E-state index in [-0.39, 0.29) is 17.8 Å². The second kappa shape index (κ2) is 48.8. The van der Waals surface area contributed by atoms with E-state index in [0.29, 0.717) is 24.9 Å². The molecule has 1 unspecified atom stereocenters. The predicted molar refractivity (Wildman–Crippen MR) is 281 cm³/mol. The minimum atomic E-state index is -0.342. The topological polar surface area (TPSA) is 71.0 Å². The van der Waals surface area contributed by atoms with Crippen LogP contribution < -0.4 is 5.32 Å². The third-order valence-electron chi connectivity index (χ3n) is 13.8. The van der Waals surface area contributed by atoms with Crippen LogP contribution in [0.3, 0.4) is 0 Å². The quantitative estimate of drug-likeness (QED) is 0.0595. The van der Waals surface area contributed by atoms with Crippen LogP contribution in [0.1, 0.15) is 305 Å². The number of hydrogen-bond acceptors (Lipinski definition) is 5.